The molecule has 0 aliphatic carbocycles. The topological polar surface area (TPSA) is 95.9 Å². The second kappa shape index (κ2) is 10.1. The maximum Gasteiger partial charge on any atom is 0.319 e. The Morgan fingerprint density at radius 1 is 1.16 bits per heavy atom. The van der Waals surface area contributed by atoms with Gasteiger partial charge in [-0.2, -0.15) is 9.97 Å². The number of anilines is 1. The minimum Gasteiger partial charge on any atom is -0.508 e. The SMILES string of the molecule is CCc1cccc2cc(O)cc(-c3nc4c5c(nc(OCC67CCCN6CC(F)C7)nc5c3F)N3CC5CCC(N5)C3CO4)c12. The number of rotatable bonds is 5. The van der Waals surface area contributed by atoms with Crippen LogP contribution in [0.3, 0.4) is 0 Å². The number of hydrogen-bond acceptors (Lipinski definition) is 9. The van der Waals surface area contributed by atoms with E-state index < -0.39 is 17.5 Å². The highest BCUT2D eigenvalue weighted by molar-refractivity contribution is 6.03. The number of piperazine rings is 1. The molecular weight excluding hydrogens is 578 g/mol. The first-order valence-electron chi connectivity index (χ1n) is 16.2. The number of aromatic hydroxyl groups is 1. The van der Waals surface area contributed by atoms with Crippen molar-refractivity contribution in [3.8, 4) is 28.9 Å². The van der Waals surface area contributed by atoms with Gasteiger partial charge in [-0.3, -0.25) is 4.90 Å². The van der Waals surface area contributed by atoms with Gasteiger partial charge in [0.1, 0.15) is 47.5 Å². The zero-order valence-corrected chi connectivity index (χ0v) is 25.2. The summed E-state index contributed by atoms with van der Waals surface area (Å²) in [4.78, 5) is 18.8. The highest BCUT2D eigenvalue weighted by Gasteiger charge is 2.50. The van der Waals surface area contributed by atoms with E-state index in [1.54, 1.807) is 12.1 Å². The third-order valence-corrected chi connectivity index (χ3v) is 10.8. The molecule has 234 valence electrons. The highest BCUT2D eigenvalue weighted by atomic mass is 19.1. The van der Waals surface area contributed by atoms with Crippen LogP contribution in [-0.2, 0) is 6.42 Å². The molecule has 9 rings (SSSR count). The molecule has 0 spiro atoms. The number of hydrogen-bond donors (Lipinski definition) is 2. The number of nitrogens with zero attached hydrogens (tertiary/aromatic N) is 5. The molecule has 5 atom stereocenters. The van der Waals surface area contributed by atoms with Gasteiger partial charge < -0.3 is 24.8 Å². The standard InChI is InChI=1S/C34H36F2N6O3/c1-2-18-5-3-6-19-11-22(43)12-23(26(18)19)29-28(36)30-27-31(42-15-21-7-8-24(37-21)25(42)16-44-32(27)38-29)40-33(39-30)45-17-34-9-4-10-41(34)14-20(35)13-34/h3,5-6,11-12,20-21,24-25,37,43H,2,4,7-10,13-17H2,1H3. The molecule has 2 aromatic heterocycles. The van der Waals surface area contributed by atoms with Crippen molar-refractivity contribution in [3.63, 3.8) is 0 Å². The summed E-state index contributed by atoms with van der Waals surface area (Å²) in [6.07, 6.45) is 4.18. The van der Waals surface area contributed by atoms with Crippen molar-refractivity contribution < 1.29 is 23.4 Å². The van der Waals surface area contributed by atoms with E-state index in [1.807, 2.05) is 25.1 Å². The molecule has 7 heterocycles. The van der Waals surface area contributed by atoms with Crippen molar-refractivity contribution in [1.82, 2.24) is 25.2 Å². The van der Waals surface area contributed by atoms with Crippen LogP contribution < -0.4 is 19.7 Å². The van der Waals surface area contributed by atoms with Crippen LogP contribution in [-0.4, -0.2) is 87.6 Å². The second-order valence-electron chi connectivity index (χ2n) is 13.4. The number of benzene rings is 2. The fourth-order valence-electron chi connectivity index (χ4n) is 8.78. The summed E-state index contributed by atoms with van der Waals surface area (Å²) in [6.45, 7) is 4.63. The molecule has 4 aromatic rings. The fraction of sp³-hybridized carbons (Fsp3) is 0.500. The van der Waals surface area contributed by atoms with Crippen LogP contribution >= 0.6 is 0 Å². The summed E-state index contributed by atoms with van der Waals surface area (Å²) in [5, 5.41) is 16.5. The molecule has 11 heteroatoms. The third-order valence-electron chi connectivity index (χ3n) is 10.8. The van der Waals surface area contributed by atoms with Crippen LogP contribution in [0.1, 0.15) is 44.6 Å². The number of phenols is 1. The molecule has 4 saturated heterocycles. The molecule has 2 aromatic carbocycles. The Labute approximate surface area is 259 Å². The Kier molecular flexibility index (Phi) is 6.16. The fourth-order valence-corrected chi connectivity index (χ4v) is 8.78. The number of aromatic nitrogens is 3. The van der Waals surface area contributed by atoms with Gasteiger partial charge in [0.25, 0.3) is 0 Å². The number of aryl methyl sites for hydroxylation is 1. The normalized spacial score (nSPS) is 28.7. The van der Waals surface area contributed by atoms with Gasteiger partial charge in [0.15, 0.2) is 5.82 Å². The Balaban J connectivity index is 1.24. The molecule has 45 heavy (non-hydrogen) atoms. The number of halogens is 2. The minimum absolute atomic E-state index is 0.0187. The van der Waals surface area contributed by atoms with E-state index in [-0.39, 0.29) is 47.5 Å². The Morgan fingerprint density at radius 2 is 2.07 bits per heavy atom. The van der Waals surface area contributed by atoms with Crippen molar-refractivity contribution >= 4 is 27.5 Å². The molecule has 0 radical (unpaired) electrons. The van der Waals surface area contributed by atoms with Crippen molar-refractivity contribution in [2.24, 2.45) is 0 Å². The van der Waals surface area contributed by atoms with E-state index in [1.165, 1.54) is 0 Å². The molecule has 5 unspecified atom stereocenters. The van der Waals surface area contributed by atoms with Crippen LogP contribution in [0.25, 0.3) is 32.9 Å². The average molecular weight is 615 g/mol. The largest absolute Gasteiger partial charge is 0.508 e. The van der Waals surface area contributed by atoms with Crippen molar-refractivity contribution in [1.29, 1.82) is 0 Å². The van der Waals surface area contributed by atoms with Crippen LogP contribution in [0.4, 0.5) is 14.6 Å². The number of nitrogens with one attached hydrogen (secondary N) is 1. The first kappa shape index (κ1) is 27.5. The predicted molar refractivity (Wildman–Crippen MR) is 166 cm³/mol. The maximum absolute atomic E-state index is 17.0. The second-order valence-corrected chi connectivity index (χ2v) is 13.4. The lowest BCUT2D eigenvalue weighted by atomic mass is 9.95. The summed E-state index contributed by atoms with van der Waals surface area (Å²) in [5.41, 5.74) is 1.24. The maximum atomic E-state index is 17.0. The van der Waals surface area contributed by atoms with Gasteiger partial charge in [0.05, 0.1) is 11.6 Å². The Bertz CT molecular complexity index is 1860. The van der Waals surface area contributed by atoms with Gasteiger partial charge in [-0.15, -0.1) is 0 Å². The minimum atomic E-state index is -0.885. The molecule has 0 saturated carbocycles. The number of pyridine rings is 1. The molecule has 9 nitrogen and oxygen atoms in total. The van der Waals surface area contributed by atoms with Gasteiger partial charge in [0, 0.05) is 37.2 Å². The number of ether oxygens (including phenoxy) is 2. The summed E-state index contributed by atoms with van der Waals surface area (Å²) in [7, 11) is 0. The van der Waals surface area contributed by atoms with E-state index in [4.69, 9.17) is 19.4 Å². The van der Waals surface area contributed by atoms with E-state index >= 15 is 4.39 Å². The zero-order chi connectivity index (χ0) is 30.4. The van der Waals surface area contributed by atoms with Crippen LogP contribution in [0.5, 0.6) is 17.6 Å². The van der Waals surface area contributed by atoms with Crippen LogP contribution in [0.15, 0.2) is 30.3 Å². The van der Waals surface area contributed by atoms with Crippen molar-refractivity contribution in [3.05, 3.63) is 41.7 Å². The molecule has 5 aliphatic rings. The van der Waals surface area contributed by atoms with E-state index in [0.29, 0.717) is 48.9 Å². The summed E-state index contributed by atoms with van der Waals surface area (Å²) in [5.74, 6) is 0.240. The average Bonchev–Trinajstić information content (AvgIpc) is 3.67. The Hall–Kier alpha value is -3.83. The lowest BCUT2D eigenvalue weighted by molar-refractivity contribution is 0.107. The lowest BCUT2D eigenvalue weighted by Gasteiger charge is -2.40. The van der Waals surface area contributed by atoms with Gasteiger partial charge in [-0.05, 0) is 67.1 Å². The third kappa shape index (κ3) is 4.19. The van der Waals surface area contributed by atoms with Crippen LogP contribution in [0.2, 0.25) is 0 Å². The summed E-state index contributed by atoms with van der Waals surface area (Å²) < 4.78 is 44.3. The quantitative estimate of drug-likeness (QED) is 0.325. The van der Waals surface area contributed by atoms with Gasteiger partial charge in [-0.1, -0.05) is 25.1 Å². The number of alkyl halides is 1. The van der Waals surface area contributed by atoms with Gasteiger partial charge in [0.2, 0.25) is 5.88 Å². The highest BCUT2D eigenvalue weighted by Crippen LogP contribution is 2.45. The van der Waals surface area contributed by atoms with Crippen molar-refractivity contribution in [2.45, 2.75) is 75.3 Å². The first-order valence-corrected chi connectivity index (χ1v) is 16.2. The Morgan fingerprint density at radius 3 is 2.96 bits per heavy atom. The smallest absolute Gasteiger partial charge is 0.319 e. The summed E-state index contributed by atoms with van der Waals surface area (Å²) >= 11 is 0. The van der Waals surface area contributed by atoms with E-state index in [9.17, 15) is 9.50 Å². The monoisotopic (exact) mass is 614 g/mol. The number of fused-ring (bicyclic) bond motifs is 7. The lowest BCUT2D eigenvalue weighted by Crippen LogP contribution is -2.60. The predicted octanol–water partition coefficient (Wildman–Crippen LogP) is 4.91. The zero-order valence-electron chi connectivity index (χ0n) is 25.2. The van der Waals surface area contributed by atoms with E-state index in [0.717, 1.165) is 55.0 Å². The van der Waals surface area contributed by atoms with Gasteiger partial charge in [-0.25, -0.2) is 13.8 Å². The van der Waals surface area contributed by atoms with Crippen LogP contribution in [0, 0.1) is 5.82 Å². The molecule has 2 bridgehead atoms. The molecule has 0 amide bonds. The molecule has 2 N–H and O–H groups in total. The van der Waals surface area contributed by atoms with E-state index in [2.05, 4.69) is 20.1 Å². The molecule has 5 aliphatic heterocycles. The number of phenolic OH excluding ortho intramolecular Hbond substituents is 1. The molecule has 4 fully saturated rings. The van der Waals surface area contributed by atoms with Gasteiger partial charge >= 0.3 is 6.01 Å². The first-order chi connectivity index (χ1) is 21.9. The summed E-state index contributed by atoms with van der Waals surface area (Å²) in [6, 6.07) is 9.68. The van der Waals surface area contributed by atoms with Crippen molar-refractivity contribution in [2.75, 3.05) is 37.7 Å². The molecular formula is C34H36F2N6O3.